The summed E-state index contributed by atoms with van der Waals surface area (Å²) in [7, 11) is 0. The van der Waals surface area contributed by atoms with Gasteiger partial charge in [0, 0.05) is 38.8 Å². The van der Waals surface area contributed by atoms with E-state index < -0.39 is 0 Å². The molecule has 1 aliphatic heterocycles. The fourth-order valence-electron chi connectivity index (χ4n) is 3.57. The van der Waals surface area contributed by atoms with Crippen LogP contribution in [0.15, 0.2) is 29.3 Å². The van der Waals surface area contributed by atoms with Gasteiger partial charge in [-0.3, -0.25) is 9.89 Å². The van der Waals surface area contributed by atoms with Crippen LogP contribution in [-0.4, -0.2) is 69.5 Å². The van der Waals surface area contributed by atoms with Gasteiger partial charge in [0.1, 0.15) is 0 Å². The van der Waals surface area contributed by atoms with Crippen LogP contribution in [0.25, 0.3) is 0 Å². The summed E-state index contributed by atoms with van der Waals surface area (Å²) in [5.41, 5.74) is 2.82. The number of guanidine groups is 1. The van der Waals surface area contributed by atoms with Crippen molar-refractivity contribution in [1.82, 2.24) is 15.5 Å². The van der Waals surface area contributed by atoms with Gasteiger partial charge < -0.3 is 20.1 Å². The minimum atomic E-state index is 0.476. The molecule has 1 saturated heterocycles. The summed E-state index contributed by atoms with van der Waals surface area (Å²) >= 11 is 0. The lowest BCUT2D eigenvalue weighted by molar-refractivity contribution is 0.0497. The standard InChI is InChI=1S/C24H42N4O2/c1-4-6-16-29-18-19-30-17-13-26-24(25-5-2)27-23-11-14-28(15-12-23)20-22-10-8-7-9-21(22)3/h7-10,23H,4-6,11-20H2,1-3H3,(H2,25,26,27). The number of ether oxygens (including phenoxy) is 2. The zero-order valence-corrected chi connectivity index (χ0v) is 19.3. The van der Waals surface area contributed by atoms with E-state index in [1.165, 1.54) is 17.5 Å². The lowest BCUT2D eigenvalue weighted by atomic mass is 10.0. The van der Waals surface area contributed by atoms with Crippen molar-refractivity contribution in [3.8, 4) is 0 Å². The molecule has 0 aliphatic carbocycles. The predicted molar refractivity (Wildman–Crippen MR) is 125 cm³/mol. The van der Waals surface area contributed by atoms with Crippen molar-refractivity contribution in [2.24, 2.45) is 4.99 Å². The molecule has 6 heteroatoms. The van der Waals surface area contributed by atoms with Crippen molar-refractivity contribution in [3.63, 3.8) is 0 Å². The number of unbranched alkanes of at least 4 members (excludes halogenated alkanes) is 1. The zero-order valence-electron chi connectivity index (χ0n) is 19.3. The number of benzene rings is 1. The van der Waals surface area contributed by atoms with E-state index in [-0.39, 0.29) is 0 Å². The molecule has 6 nitrogen and oxygen atoms in total. The Morgan fingerprint density at radius 2 is 1.80 bits per heavy atom. The van der Waals surface area contributed by atoms with Crippen LogP contribution in [0, 0.1) is 6.92 Å². The van der Waals surface area contributed by atoms with Crippen LogP contribution < -0.4 is 10.6 Å². The van der Waals surface area contributed by atoms with Crippen molar-refractivity contribution in [2.45, 2.75) is 59.0 Å². The topological polar surface area (TPSA) is 58.1 Å². The van der Waals surface area contributed by atoms with Crippen molar-refractivity contribution >= 4 is 5.96 Å². The fourth-order valence-corrected chi connectivity index (χ4v) is 3.57. The molecule has 0 amide bonds. The predicted octanol–water partition coefficient (Wildman–Crippen LogP) is 3.35. The van der Waals surface area contributed by atoms with Gasteiger partial charge in [0.2, 0.25) is 0 Å². The number of nitrogens with one attached hydrogen (secondary N) is 2. The van der Waals surface area contributed by atoms with Crippen LogP contribution in [0.1, 0.15) is 50.7 Å². The summed E-state index contributed by atoms with van der Waals surface area (Å²) in [4.78, 5) is 7.22. The maximum Gasteiger partial charge on any atom is 0.191 e. The molecule has 1 aromatic rings. The molecule has 30 heavy (non-hydrogen) atoms. The maximum absolute atomic E-state index is 5.62. The Balaban J connectivity index is 1.64. The van der Waals surface area contributed by atoms with Gasteiger partial charge in [-0.05, 0) is 44.2 Å². The molecule has 0 bridgehead atoms. The monoisotopic (exact) mass is 418 g/mol. The molecule has 1 aromatic carbocycles. The van der Waals surface area contributed by atoms with E-state index in [4.69, 9.17) is 9.47 Å². The summed E-state index contributed by atoms with van der Waals surface area (Å²) in [6, 6.07) is 9.17. The van der Waals surface area contributed by atoms with Crippen LogP contribution in [0.3, 0.4) is 0 Å². The average Bonchev–Trinajstić information content (AvgIpc) is 2.75. The van der Waals surface area contributed by atoms with Gasteiger partial charge in [0.05, 0.1) is 26.4 Å². The van der Waals surface area contributed by atoms with Crippen LogP contribution in [0.2, 0.25) is 0 Å². The molecule has 0 radical (unpaired) electrons. The van der Waals surface area contributed by atoms with Crippen molar-refractivity contribution in [3.05, 3.63) is 35.4 Å². The average molecular weight is 419 g/mol. The summed E-state index contributed by atoms with van der Waals surface area (Å²) in [6.07, 6.45) is 4.57. The lowest BCUT2D eigenvalue weighted by Crippen LogP contribution is -2.48. The first-order valence-electron chi connectivity index (χ1n) is 11.7. The molecule has 1 fully saturated rings. The van der Waals surface area contributed by atoms with Crippen LogP contribution in [-0.2, 0) is 16.0 Å². The molecular weight excluding hydrogens is 376 g/mol. The van der Waals surface area contributed by atoms with Crippen LogP contribution in [0.4, 0.5) is 0 Å². The molecule has 1 aliphatic rings. The number of nitrogens with zero attached hydrogens (tertiary/aromatic N) is 2. The minimum absolute atomic E-state index is 0.476. The van der Waals surface area contributed by atoms with E-state index in [1.54, 1.807) is 0 Å². The fraction of sp³-hybridized carbons (Fsp3) is 0.708. The molecule has 0 atom stereocenters. The molecule has 1 heterocycles. The Kier molecular flexibility index (Phi) is 12.5. The first-order valence-corrected chi connectivity index (χ1v) is 11.7. The third-order valence-electron chi connectivity index (χ3n) is 5.45. The quantitative estimate of drug-likeness (QED) is 0.292. The smallest absolute Gasteiger partial charge is 0.191 e. The normalized spacial score (nSPS) is 16.0. The Morgan fingerprint density at radius 3 is 2.50 bits per heavy atom. The first-order chi connectivity index (χ1) is 14.7. The van der Waals surface area contributed by atoms with Gasteiger partial charge in [-0.25, -0.2) is 0 Å². The van der Waals surface area contributed by atoms with Gasteiger partial charge in [-0.1, -0.05) is 37.6 Å². The SMILES string of the molecule is CCCCOCCOCCN=C(NCC)NC1CCN(Cc2ccccc2C)CC1. The number of hydrogen-bond donors (Lipinski definition) is 2. The summed E-state index contributed by atoms with van der Waals surface area (Å²) in [5, 5.41) is 6.97. The summed E-state index contributed by atoms with van der Waals surface area (Å²) in [6.45, 7) is 14.1. The second-order valence-corrected chi connectivity index (χ2v) is 7.96. The third kappa shape index (κ3) is 9.92. The van der Waals surface area contributed by atoms with E-state index in [1.807, 2.05) is 0 Å². The third-order valence-corrected chi connectivity index (χ3v) is 5.45. The van der Waals surface area contributed by atoms with E-state index in [9.17, 15) is 0 Å². The van der Waals surface area contributed by atoms with Gasteiger partial charge in [-0.15, -0.1) is 0 Å². The van der Waals surface area contributed by atoms with Crippen molar-refractivity contribution in [1.29, 1.82) is 0 Å². The molecular formula is C24H42N4O2. The first kappa shape index (κ1) is 24.6. The van der Waals surface area contributed by atoms with E-state index >= 15 is 0 Å². The number of rotatable bonds is 13. The zero-order chi connectivity index (χ0) is 21.4. The highest BCUT2D eigenvalue weighted by atomic mass is 16.5. The molecule has 2 N–H and O–H groups in total. The summed E-state index contributed by atoms with van der Waals surface area (Å²) in [5.74, 6) is 0.901. The van der Waals surface area contributed by atoms with E-state index in [0.29, 0.717) is 32.4 Å². The van der Waals surface area contributed by atoms with Gasteiger partial charge >= 0.3 is 0 Å². The minimum Gasteiger partial charge on any atom is -0.379 e. The number of likely N-dealkylation sites (tertiary alicyclic amines) is 1. The largest absolute Gasteiger partial charge is 0.379 e. The molecule has 0 saturated carbocycles. The lowest BCUT2D eigenvalue weighted by Gasteiger charge is -2.33. The number of hydrogen-bond acceptors (Lipinski definition) is 4. The number of piperidine rings is 1. The Morgan fingerprint density at radius 1 is 1.07 bits per heavy atom. The van der Waals surface area contributed by atoms with Gasteiger partial charge in [0.15, 0.2) is 5.96 Å². The van der Waals surface area contributed by atoms with Crippen LogP contribution in [0.5, 0.6) is 0 Å². The number of aliphatic imine (C=N–C) groups is 1. The second kappa shape index (κ2) is 15.2. The molecule has 170 valence electrons. The van der Waals surface area contributed by atoms with Crippen molar-refractivity contribution in [2.75, 3.05) is 52.6 Å². The molecule has 0 aromatic heterocycles. The summed E-state index contributed by atoms with van der Waals surface area (Å²) < 4.78 is 11.1. The number of aryl methyl sites for hydroxylation is 1. The van der Waals surface area contributed by atoms with Crippen molar-refractivity contribution < 1.29 is 9.47 Å². The maximum atomic E-state index is 5.62. The molecule has 0 spiro atoms. The highest BCUT2D eigenvalue weighted by Crippen LogP contribution is 2.16. The van der Waals surface area contributed by atoms with Crippen LogP contribution >= 0.6 is 0 Å². The molecule has 2 rings (SSSR count). The Hall–Kier alpha value is -1.63. The Labute approximate surface area is 183 Å². The highest BCUT2D eigenvalue weighted by molar-refractivity contribution is 5.80. The van der Waals surface area contributed by atoms with Gasteiger partial charge in [0.25, 0.3) is 0 Å². The molecule has 0 unspecified atom stereocenters. The van der Waals surface area contributed by atoms with Gasteiger partial charge in [-0.2, -0.15) is 0 Å². The van der Waals surface area contributed by atoms with E-state index in [2.05, 4.69) is 65.6 Å². The Bertz CT molecular complexity index is 601. The second-order valence-electron chi connectivity index (χ2n) is 7.96. The highest BCUT2D eigenvalue weighted by Gasteiger charge is 2.20. The van der Waals surface area contributed by atoms with E-state index in [0.717, 1.165) is 58.0 Å².